The van der Waals surface area contributed by atoms with Gasteiger partial charge in [0.15, 0.2) is 11.5 Å². The predicted molar refractivity (Wildman–Crippen MR) is 124 cm³/mol. The Labute approximate surface area is 198 Å². The number of carbonyl (C=O) groups is 1. The first-order valence-electron chi connectivity index (χ1n) is 11.1. The maximum Gasteiger partial charge on any atom is 0.334 e. The molecule has 2 aliphatic heterocycles. The van der Waals surface area contributed by atoms with Crippen LogP contribution in [0.4, 0.5) is 5.69 Å². The summed E-state index contributed by atoms with van der Waals surface area (Å²) in [5, 5.41) is 16.2. The lowest BCUT2D eigenvalue weighted by Gasteiger charge is -2.42. The smallest absolute Gasteiger partial charge is 0.334 e. The molecule has 1 fully saturated rings. The second-order valence-corrected chi connectivity index (χ2v) is 8.79. The maximum absolute atomic E-state index is 13.2. The molecule has 1 amide bonds. The van der Waals surface area contributed by atoms with E-state index in [0.29, 0.717) is 36.5 Å². The minimum Gasteiger partial charge on any atom is -0.493 e. The monoisotopic (exact) mass is 481 g/mol. The van der Waals surface area contributed by atoms with E-state index >= 15 is 0 Å². The highest BCUT2D eigenvalue weighted by Gasteiger charge is 2.37. The zero-order chi connectivity index (χ0) is 24.9. The molecule has 0 aliphatic carbocycles. The van der Waals surface area contributed by atoms with Gasteiger partial charge in [-0.25, -0.2) is 4.68 Å². The van der Waals surface area contributed by atoms with Gasteiger partial charge >= 0.3 is 11.2 Å². The second kappa shape index (κ2) is 8.53. The van der Waals surface area contributed by atoms with Crippen molar-refractivity contribution in [2.75, 3.05) is 27.3 Å². The molecule has 1 aromatic carbocycles. The third kappa shape index (κ3) is 3.70. The Morgan fingerprint density at radius 1 is 1.11 bits per heavy atom. The number of fused-ring (bicyclic) bond motifs is 5. The highest BCUT2D eigenvalue weighted by Crippen LogP contribution is 2.36. The zero-order valence-electron chi connectivity index (χ0n) is 19.2. The van der Waals surface area contributed by atoms with Crippen LogP contribution in [0, 0.1) is 16.0 Å². The number of carbonyl (C=O) groups excluding carboxylic acids is 1. The molecule has 12 nitrogen and oxygen atoms in total. The number of methoxy groups -OCH3 is 2. The summed E-state index contributed by atoms with van der Waals surface area (Å²) in [7, 11) is 2.92. The quantitative estimate of drug-likeness (QED) is 0.390. The lowest BCUT2D eigenvalue weighted by Crippen LogP contribution is -2.50. The van der Waals surface area contributed by atoms with Crippen molar-refractivity contribution in [3.63, 3.8) is 0 Å². The fourth-order valence-corrected chi connectivity index (χ4v) is 5.20. The minimum absolute atomic E-state index is 0.0180. The van der Waals surface area contributed by atoms with Gasteiger partial charge in [0, 0.05) is 42.7 Å². The SMILES string of the molecule is COc1ccc2cnn(CC(=O)N3CC4C[C@@H](C3)Cn3c4ccc([N+](=O)[O-])c3=O)c(=O)c2c1OC. The summed E-state index contributed by atoms with van der Waals surface area (Å²) >= 11 is 0. The van der Waals surface area contributed by atoms with E-state index < -0.39 is 21.7 Å². The Hall–Kier alpha value is -4.22. The summed E-state index contributed by atoms with van der Waals surface area (Å²) in [6, 6.07) is 6.22. The largest absolute Gasteiger partial charge is 0.493 e. The molecule has 12 heteroatoms. The van der Waals surface area contributed by atoms with Crippen LogP contribution < -0.4 is 20.6 Å². The van der Waals surface area contributed by atoms with Crippen molar-refractivity contribution in [3.05, 3.63) is 67.0 Å². The molecule has 0 saturated carbocycles. The minimum atomic E-state index is -0.672. The van der Waals surface area contributed by atoms with Gasteiger partial charge in [0.05, 0.1) is 30.7 Å². The standard InChI is InChI=1S/C23H23N5O7/c1-34-18-6-3-14-8-24-27(23(31)20(14)21(18)35-2)12-19(29)25-9-13-7-15(11-25)16-4-5-17(28(32)33)22(30)26(16)10-13/h3-6,8,13,15H,7,9-12H2,1-2H3/t13-,15?/m0/s1. The van der Waals surface area contributed by atoms with Crippen LogP contribution in [0.1, 0.15) is 18.0 Å². The maximum atomic E-state index is 13.2. The van der Waals surface area contributed by atoms with E-state index in [-0.39, 0.29) is 35.4 Å². The molecule has 1 saturated heterocycles. The van der Waals surface area contributed by atoms with Crippen molar-refractivity contribution in [2.45, 2.75) is 25.4 Å². The van der Waals surface area contributed by atoms with Crippen LogP contribution in [0.2, 0.25) is 0 Å². The molecule has 0 radical (unpaired) electrons. The van der Waals surface area contributed by atoms with Gasteiger partial charge in [0.2, 0.25) is 5.91 Å². The van der Waals surface area contributed by atoms with Gasteiger partial charge < -0.3 is 18.9 Å². The van der Waals surface area contributed by atoms with E-state index in [1.165, 1.54) is 31.0 Å². The van der Waals surface area contributed by atoms with Crippen LogP contribution in [0.3, 0.4) is 0 Å². The number of piperidine rings is 1. The zero-order valence-corrected chi connectivity index (χ0v) is 19.2. The number of rotatable bonds is 5. The van der Waals surface area contributed by atoms with E-state index in [9.17, 15) is 24.5 Å². The fourth-order valence-electron chi connectivity index (χ4n) is 5.20. The Balaban J connectivity index is 1.42. The second-order valence-electron chi connectivity index (χ2n) is 8.79. The summed E-state index contributed by atoms with van der Waals surface area (Å²) < 4.78 is 13.3. The third-order valence-electron chi connectivity index (χ3n) is 6.78. The molecule has 2 aromatic heterocycles. The lowest BCUT2D eigenvalue weighted by atomic mass is 9.83. The molecule has 0 N–H and O–H groups in total. The third-order valence-corrected chi connectivity index (χ3v) is 6.78. The number of hydrogen-bond donors (Lipinski definition) is 0. The normalized spacial score (nSPS) is 18.7. The van der Waals surface area contributed by atoms with Crippen molar-refractivity contribution in [1.82, 2.24) is 19.2 Å². The van der Waals surface area contributed by atoms with Crippen LogP contribution in [-0.4, -0.2) is 57.4 Å². The molecule has 182 valence electrons. The summed E-state index contributed by atoms with van der Waals surface area (Å²) in [5.74, 6) is 0.274. The highest BCUT2D eigenvalue weighted by atomic mass is 16.6. The van der Waals surface area contributed by atoms with E-state index in [2.05, 4.69) is 5.10 Å². The summed E-state index contributed by atoms with van der Waals surface area (Å²) in [5.41, 5.74) is -0.839. The average Bonchev–Trinajstić information content (AvgIpc) is 2.85. The Bertz CT molecular complexity index is 1480. The first-order valence-corrected chi connectivity index (χ1v) is 11.1. The van der Waals surface area contributed by atoms with Gasteiger partial charge in [-0.2, -0.15) is 5.10 Å². The molecule has 0 spiro atoms. The van der Waals surface area contributed by atoms with Crippen molar-refractivity contribution >= 4 is 22.4 Å². The number of amides is 1. The number of nitrogens with zero attached hydrogens (tertiary/aromatic N) is 5. The summed E-state index contributed by atoms with van der Waals surface area (Å²) in [6.07, 6.45) is 2.29. The van der Waals surface area contributed by atoms with Gasteiger partial charge in [0.25, 0.3) is 5.56 Å². The van der Waals surface area contributed by atoms with Crippen LogP contribution in [-0.2, 0) is 17.9 Å². The van der Waals surface area contributed by atoms with Gasteiger partial charge in [-0.15, -0.1) is 0 Å². The number of aromatic nitrogens is 3. The first-order chi connectivity index (χ1) is 16.8. The number of ether oxygens (including phenoxy) is 2. The average molecular weight is 481 g/mol. The van der Waals surface area contributed by atoms with Crippen molar-refractivity contribution in [2.24, 2.45) is 5.92 Å². The van der Waals surface area contributed by atoms with Gasteiger partial charge in [-0.1, -0.05) is 0 Å². The van der Waals surface area contributed by atoms with Crippen LogP contribution >= 0.6 is 0 Å². The summed E-state index contributed by atoms with van der Waals surface area (Å²) in [6.45, 7) is 0.804. The number of benzene rings is 1. The van der Waals surface area contributed by atoms with Crippen molar-refractivity contribution in [3.8, 4) is 11.5 Å². The van der Waals surface area contributed by atoms with E-state index in [4.69, 9.17) is 9.47 Å². The van der Waals surface area contributed by atoms with Gasteiger partial charge in [0.1, 0.15) is 6.54 Å². The number of hydrogen-bond acceptors (Lipinski definition) is 8. The van der Waals surface area contributed by atoms with Gasteiger partial charge in [-0.05, 0) is 30.5 Å². The lowest BCUT2D eigenvalue weighted by molar-refractivity contribution is -0.386. The predicted octanol–water partition coefficient (Wildman–Crippen LogP) is 1.13. The molecule has 2 atom stereocenters. The molecule has 5 rings (SSSR count). The molecule has 35 heavy (non-hydrogen) atoms. The topological polar surface area (TPSA) is 139 Å². The molecular weight excluding hydrogens is 458 g/mol. The molecule has 3 aromatic rings. The number of likely N-dealkylation sites (tertiary alicyclic amines) is 1. The van der Waals surface area contributed by atoms with E-state index in [1.807, 2.05) is 0 Å². The molecule has 2 bridgehead atoms. The van der Waals surface area contributed by atoms with Crippen LogP contribution in [0.15, 0.2) is 40.1 Å². The molecule has 2 aliphatic rings. The number of nitro groups is 1. The Morgan fingerprint density at radius 2 is 1.91 bits per heavy atom. The Morgan fingerprint density at radius 3 is 2.63 bits per heavy atom. The molecule has 1 unspecified atom stereocenters. The van der Waals surface area contributed by atoms with Crippen LogP contribution in [0.25, 0.3) is 10.8 Å². The number of pyridine rings is 1. The van der Waals surface area contributed by atoms with Crippen molar-refractivity contribution < 1.29 is 19.2 Å². The van der Waals surface area contributed by atoms with E-state index in [1.54, 1.807) is 23.1 Å². The van der Waals surface area contributed by atoms with E-state index in [0.717, 1.165) is 11.1 Å². The summed E-state index contributed by atoms with van der Waals surface area (Å²) in [4.78, 5) is 51.1. The fraction of sp³-hybridized carbons (Fsp3) is 0.391. The first kappa shape index (κ1) is 22.6. The van der Waals surface area contributed by atoms with Crippen molar-refractivity contribution in [1.29, 1.82) is 0 Å². The van der Waals surface area contributed by atoms with Gasteiger partial charge in [-0.3, -0.25) is 24.5 Å². The highest BCUT2D eigenvalue weighted by molar-refractivity contribution is 5.89. The molecule has 4 heterocycles. The molecular formula is C23H23N5O7. The van der Waals surface area contributed by atoms with Crippen LogP contribution in [0.5, 0.6) is 11.5 Å². The Kier molecular flexibility index (Phi) is 5.50.